The molecule has 6 nitrogen and oxygen atoms in total. The molecule has 0 saturated carbocycles. The van der Waals surface area contributed by atoms with E-state index in [0.717, 1.165) is 14.7 Å². The van der Waals surface area contributed by atoms with E-state index in [1.807, 2.05) is 25.1 Å². The smallest absolute Gasteiger partial charge is 0.335 e. The van der Waals surface area contributed by atoms with Crippen LogP contribution in [0.2, 0.25) is 10.0 Å². The number of nitrogens with zero attached hydrogens (tertiary/aromatic N) is 2. The fourth-order valence-electron chi connectivity index (χ4n) is 4.90. The molecule has 5 rings (SSSR count). The number of hydrogen-bond acceptors (Lipinski definition) is 3. The second-order valence-electron chi connectivity index (χ2n) is 9.48. The maximum Gasteiger partial charge on any atom is 0.335 e. The molecule has 40 heavy (non-hydrogen) atoms. The normalized spacial score (nSPS) is 15.9. The van der Waals surface area contributed by atoms with Crippen molar-refractivity contribution < 1.29 is 19.5 Å². The summed E-state index contributed by atoms with van der Waals surface area (Å²) in [6.45, 7) is 2.04. The summed E-state index contributed by atoms with van der Waals surface area (Å²) in [6.07, 6.45) is 0. The quantitative estimate of drug-likeness (QED) is 0.211. The van der Waals surface area contributed by atoms with Gasteiger partial charge in [0.25, 0.3) is 11.8 Å². The Morgan fingerprint density at radius 1 is 0.900 bits per heavy atom. The average molecular weight is 685 g/mol. The molecule has 0 saturated heterocycles. The molecule has 4 aromatic carbocycles. The first kappa shape index (κ1) is 28.1. The number of carbonyl (C=O) groups is 3. The molecule has 9 heteroatoms. The molecule has 2 atom stereocenters. The summed E-state index contributed by atoms with van der Waals surface area (Å²) in [5.41, 5.74) is 3.22. The Morgan fingerprint density at radius 3 is 2.10 bits per heavy atom. The van der Waals surface area contributed by atoms with Crippen LogP contribution in [0.1, 0.15) is 56.4 Å². The average Bonchev–Trinajstić information content (AvgIpc) is 3.02. The molecule has 202 valence electrons. The zero-order valence-electron chi connectivity index (χ0n) is 21.2. The number of benzene rings is 4. The summed E-state index contributed by atoms with van der Waals surface area (Å²) < 4.78 is 0.854. The Labute approximate surface area is 255 Å². The zero-order valence-corrected chi connectivity index (χ0v) is 24.9. The van der Waals surface area contributed by atoms with Gasteiger partial charge in [-0.25, -0.2) is 4.79 Å². The number of halogens is 3. The number of aromatic carboxylic acids is 1. The van der Waals surface area contributed by atoms with E-state index in [1.54, 1.807) is 70.5 Å². The van der Waals surface area contributed by atoms with E-state index in [9.17, 15) is 19.5 Å². The van der Waals surface area contributed by atoms with E-state index in [0.29, 0.717) is 26.9 Å². The predicted molar refractivity (Wildman–Crippen MR) is 164 cm³/mol. The van der Waals surface area contributed by atoms with Crippen LogP contribution in [0.5, 0.6) is 0 Å². The highest BCUT2D eigenvalue weighted by Crippen LogP contribution is 2.41. The van der Waals surface area contributed by atoms with Gasteiger partial charge in [-0.1, -0.05) is 59.6 Å². The molecule has 1 aliphatic rings. The van der Waals surface area contributed by atoms with Gasteiger partial charge in [0.05, 0.1) is 29.4 Å². The third-order valence-electron chi connectivity index (χ3n) is 6.99. The summed E-state index contributed by atoms with van der Waals surface area (Å²) in [6, 6.07) is 24.5. The van der Waals surface area contributed by atoms with E-state index >= 15 is 0 Å². The molecule has 2 amide bonds. The summed E-state index contributed by atoms with van der Waals surface area (Å²) in [4.78, 5) is 43.6. The third kappa shape index (κ3) is 5.59. The third-order valence-corrected chi connectivity index (χ3v) is 8.16. The first-order chi connectivity index (χ1) is 19.1. The van der Waals surface area contributed by atoms with Crippen molar-refractivity contribution in [3.63, 3.8) is 0 Å². The molecule has 0 fully saturated rings. The number of amides is 2. The number of fused-ring (bicyclic) bond motifs is 1. The van der Waals surface area contributed by atoms with Gasteiger partial charge >= 0.3 is 5.97 Å². The van der Waals surface area contributed by atoms with Crippen molar-refractivity contribution in [3.8, 4) is 0 Å². The van der Waals surface area contributed by atoms with Crippen molar-refractivity contribution in [1.29, 1.82) is 0 Å². The molecule has 1 N–H and O–H groups in total. The van der Waals surface area contributed by atoms with Crippen LogP contribution in [-0.2, 0) is 11.3 Å². The molecule has 1 aliphatic heterocycles. The molecule has 0 radical (unpaired) electrons. The number of anilines is 1. The summed E-state index contributed by atoms with van der Waals surface area (Å²) in [5, 5.41) is 10.4. The number of carbonyl (C=O) groups excluding carboxylic acids is 2. The minimum absolute atomic E-state index is 0.146. The van der Waals surface area contributed by atoms with E-state index in [-0.39, 0.29) is 23.9 Å². The van der Waals surface area contributed by atoms with Gasteiger partial charge in [0.15, 0.2) is 0 Å². The highest BCUT2D eigenvalue weighted by Gasteiger charge is 2.43. The number of hydrogen-bond donors (Lipinski definition) is 1. The van der Waals surface area contributed by atoms with Crippen LogP contribution in [-0.4, -0.2) is 27.8 Å². The fraction of sp³-hybridized carbons (Fsp3) is 0.129. The second-order valence-corrected chi connectivity index (χ2v) is 11.6. The molecular weight excluding hydrogens is 662 g/mol. The predicted octanol–water partition coefficient (Wildman–Crippen LogP) is 7.79. The lowest BCUT2D eigenvalue weighted by atomic mass is 9.98. The van der Waals surface area contributed by atoms with Crippen LogP contribution in [0.15, 0.2) is 91.0 Å². The van der Waals surface area contributed by atoms with E-state index in [2.05, 4.69) is 22.6 Å². The van der Waals surface area contributed by atoms with Crippen molar-refractivity contribution in [2.45, 2.75) is 25.6 Å². The maximum atomic E-state index is 14.6. The van der Waals surface area contributed by atoms with Gasteiger partial charge in [0.1, 0.15) is 6.04 Å². The first-order valence-corrected chi connectivity index (χ1v) is 14.2. The molecule has 1 heterocycles. The minimum atomic E-state index is -1.03. The molecule has 0 aliphatic carbocycles. The van der Waals surface area contributed by atoms with Crippen LogP contribution in [0, 0.1) is 3.57 Å². The van der Waals surface area contributed by atoms with Gasteiger partial charge in [0, 0.05) is 13.6 Å². The molecule has 0 spiro atoms. The number of carboxylic acid groups (broad SMARTS) is 1. The van der Waals surface area contributed by atoms with Crippen molar-refractivity contribution >= 4 is 69.3 Å². The lowest BCUT2D eigenvalue weighted by molar-refractivity contribution is -0.124. The number of carboxylic acids is 1. The Kier molecular flexibility index (Phi) is 8.16. The van der Waals surface area contributed by atoms with Crippen molar-refractivity contribution in [3.05, 3.63) is 132 Å². The van der Waals surface area contributed by atoms with Crippen molar-refractivity contribution in [2.24, 2.45) is 0 Å². The Balaban J connectivity index is 1.68. The Hall–Kier alpha value is -3.40. The maximum absolute atomic E-state index is 14.6. The first-order valence-electron chi connectivity index (χ1n) is 12.4. The minimum Gasteiger partial charge on any atom is -0.478 e. The molecule has 0 bridgehead atoms. The van der Waals surface area contributed by atoms with Gasteiger partial charge in [-0.05, 0) is 101 Å². The van der Waals surface area contributed by atoms with Gasteiger partial charge in [-0.15, -0.1) is 0 Å². The lowest BCUT2D eigenvalue weighted by Crippen LogP contribution is -2.43. The van der Waals surface area contributed by atoms with Crippen LogP contribution >= 0.6 is 45.8 Å². The Bertz CT molecular complexity index is 1590. The summed E-state index contributed by atoms with van der Waals surface area (Å²) >= 11 is 14.5. The largest absolute Gasteiger partial charge is 0.478 e. The zero-order chi connectivity index (χ0) is 28.6. The SMILES string of the molecule is C[C@H](c1ccc(Cl)cc1)N1C(=O)c2cc(I)ccc2N(Cc2ccc(C(=O)O)cc2)C(=O)[C@@H]1c1ccc(Cl)cc1. The standard InChI is InChI=1S/C31H23Cl2IN2O4/c1-18(20-6-10-23(32)11-7-20)36-28(21-8-12-24(33)13-9-21)30(38)35(17-19-2-4-22(5-3-19)31(39)40)27-15-14-25(34)16-26(27)29(36)37/h2-16,18,28H,17H2,1H3,(H,39,40)/t18-,28+/m1/s1. The Morgan fingerprint density at radius 2 is 1.50 bits per heavy atom. The van der Waals surface area contributed by atoms with Gasteiger partial charge in [0.2, 0.25) is 0 Å². The van der Waals surface area contributed by atoms with E-state index in [4.69, 9.17) is 23.2 Å². The highest BCUT2D eigenvalue weighted by atomic mass is 127. The van der Waals surface area contributed by atoms with Crippen LogP contribution < -0.4 is 4.90 Å². The summed E-state index contributed by atoms with van der Waals surface area (Å²) in [5.74, 6) is -1.61. The molecule has 0 aromatic heterocycles. The summed E-state index contributed by atoms with van der Waals surface area (Å²) in [7, 11) is 0. The van der Waals surface area contributed by atoms with Gasteiger partial charge in [-0.2, -0.15) is 0 Å². The van der Waals surface area contributed by atoms with Crippen molar-refractivity contribution in [2.75, 3.05) is 4.90 Å². The van der Waals surface area contributed by atoms with Crippen LogP contribution in [0.25, 0.3) is 0 Å². The van der Waals surface area contributed by atoms with Gasteiger partial charge < -0.3 is 14.9 Å². The molecule has 0 unspecified atom stereocenters. The van der Waals surface area contributed by atoms with E-state index in [1.165, 1.54) is 12.1 Å². The van der Waals surface area contributed by atoms with E-state index < -0.39 is 18.1 Å². The topological polar surface area (TPSA) is 77.9 Å². The van der Waals surface area contributed by atoms with Crippen LogP contribution in [0.3, 0.4) is 0 Å². The van der Waals surface area contributed by atoms with Gasteiger partial charge in [-0.3, -0.25) is 9.59 Å². The van der Waals surface area contributed by atoms with Crippen LogP contribution in [0.4, 0.5) is 5.69 Å². The fourth-order valence-corrected chi connectivity index (χ4v) is 5.65. The van der Waals surface area contributed by atoms with Crippen molar-refractivity contribution in [1.82, 2.24) is 4.90 Å². The lowest BCUT2D eigenvalue weighted by Gasteiger charge is -2.36. The second kappa shape index (κ2) is 11.6. The highest BCUT2D eigenvalue weighted by molar-refractivity contribution is 14.1. The molecular formula is C31H23Cl2IN2O4. The number of rotatable bonds is 6. The molecule has 4 aromatic rings. The monoisotopic (exact) mass is 684 g/mol.